The average Bonchev–Trinajstić information content (AvgIpc) is 2.85. The van der Waals surface area contributed by atoms with E-state index in [1.54, 1.807) is 23.6 Å². The van der Waals surface area contributed by atoms with Crippen LogP contribution in [0.15, 0.2) is 52.4 Å². The van der Waals surface area contributed by atoms with Crippen LogP contribution in [0.3, 0.4) is 0 Å². The molecule has 3 nitrogen and oxygen atoms in total. The number of fused-ring (bicyclic) bond motifs is 1. The minimum absolute atomic E-state index is 0.142. The van der Waals surface area contributed by atoms with Gasteiger partial charge in [-0.1, -0.05) is 18.2 Å². The first kappa shape index (κ1) is 12.3. The molecule has 0 atom stereocenters. The summed E-state index contributed by atoms with van der Waals surface area (Å²) in [6.07, 6.45) is 1.64. The van der Waals surface area contributed by atoms with Crippen LogP contribution in [0.1, 0.15) is 10.4 Å². The highest BCUT2D eigenvalue weighted by Gasteiger charge is 2.13. The van der Waals surface area contributed by atoms with Crippen LogP contribution in [-0.2, 0) is 0 Å². The highest BCUT2D eigenvalue weighted by molar-refractivity contribution is 9.10. The lowest BCUT2D eigenvalue weighted by Gasteiger charge is -2.05. The van der Waals surface area contributed by atoms with Crippen LogP contribution >= 0.6 is 27.3 Å². The topological polar surface area (TPSA) is 42.0 Å². The maximum absolute atomic E-state index is 12.3. The summed E-state index contributed by atoms with van der Waals surface area (Å²) < 4.78 is 1.87. The minimum Gasteiger partial charge on any atom is -0.306 e. The van der Waals surface area contributed by atoms with Gasteiger partial charge in [0.05, 0.1) is 10.0 Å². The van der Waals surface area contributed by atoms with Crippen LogP contribution in [0.4, 0.5) is 5.82 Å². The number of nitrogens with zero attached hydrogens (tertiary/aromatic N) is 1. The number of nitrogens with one attached hydrogen (secondary N) is 1. The molecule has 0 saturated carbocycles. The van der Waals surface area contributed by atoms with Gasteiger partial charge in [-0.2, -0.15) is 0 Å². The molecule has 0 fully saturated rings. The molecule has 0 bridgehead atoms. The molecule has 94 valence electrons. The second-order valence-corrected chi connectivity index (χ2v) is 5.70. The Morgan fingerprint density at radius 1 is 1.21 bits per heavy atom. The van der Waals surface area contributed by atoms with Crippen molar-refractivity contribution < 1.29 is 4.79 Å². The molecule has 1 amide bonds. The van der Waals surface area contributed by atoms with Gasteiger partial charge in [0.25, 0.3) is 5.91 Å². The quantitative estimate of drug-likeness (QED) is 0.759. The molecular formula is C14H9BrN2OS. The SMILES string of the molecule is O=C(Nc1ncccc1Br)c1csc2ccccc12. The molecule has 0 aliphatic rings. The molecule has 0 aliphatic carbocycles. The number of rotatable bonds is 2. The second-order valence-electron chi connectivity index (χ2n) is 3.93. The number of hydrogen-bond donors (Lipinski definition) is 1. The Hall–Kier alpha value is -1.72. The van der Waals surface area contributed by atoms with E-state index >= 15 is 0 Å². The van der Waals surface area contributed by atoms with Gasteiger partial charge in [0.2, 0.25) is 0 Å². The number of benzene rings is 1. The lowest BCUT2D eigenvalue weighted by atomic mass is 10.1. The van der Waals surface area contributed by atoms with E-state index in [0.717, 1.165) is 14.6 Å². The number of carbonyl (C=O) groups excluding carboxylic acids is 1. The normalized spacial score (nSPS) is 10.6. The van der Waals surface area contributed by atoms with Crippen molar-refractivity contribution >= 4 is 49.1 Å². The van der Waals surface area contributed by atoms with Crippen LogP contribution < -0.4 is 5.32 Å². The lowest BCUT2D eigenvalue weighted by molar-refractivity contribution is 0.102. The number of thiophene rings is 1. The van der Waals surface area contributed by atoms with Crippen molar-refractivity contribution in [2.45, 2.75) is 0 Å². The Kier molecular flexibility index (Phi) is 3.31. The van der Waals surface area contributed by atoms with Crippen LogP contribution in [0.5, 0.6) is 0 Å². The molecule has 2 heterocycles. The molecule has 0 radical (unpaired) electrons. The van der Waals surface area contributed by atoms with Crippen molar-refractivity contribution in [1.29, 1.82) is 0 Å². The number of anilines is 1. The van der Waals surface area contributed by atoms with Gasteiger partial charge in [-0.25, -0.2) is 4.98 Å². The molecule has 5 heteroatoms. The Morgan fingerprint density at radius 3 is 2.89 bits per heavy atom. The van der Waals surface area contributed by atoms with Gasteiger partial charge in [0.1, 0.15) is 5.82 Å². The van der Waals surface area contributed by atoms with Gasteiger partial charge in [0.15, 0.2) is 0 Å². The molecule has 0 aliphatic heterocycles. The van der Waals surface area contributed by atoms with Crippen molar-refractivity contribution in [3.8, 4) is 0 Å². The maximum Gasteiger partial charge on any atom is 0.258 e. The summed E-state index contributed by atoms with van der Waals surface area (Å²) >= 11 is 4.93. The number of pyridine rings is 1. The van der Waals surface area contributed by atoms with E-state index in [-0.39, 0.29) is 5.91 Å². The van der Waals surface area contributed by atoms with Crippen molar-refractivity contribution in [1.82, 2.24) is 4.98 Å². The van der Waals surface area contributed by atoms with Crippen molar-refractivity contribution in [2.24, 2.45) is 0 Å². The monoisotopic (exact) mass is 332 g/mol. The van der Waals surface area contributed by atoms with Crippen LogP contribution in [0.25, 0.3) is 10.1 Å². The van der Waals surface area contributed by atoms with Crippen LogP contribution in [0.2, 0.25) is 0 Å². The van der Waals surface area contributed by atoms with Gasteiger partial charge < -0.3 is 5.32 Å². The molecule has 3 rings (SSSR count). The fourth-order valence-corrected chi connectivity index (χ4v) is 3.10. The third-order valence-electron chi connectivity index (χ3n) is 2.72. The minimum atomic E-state index is -0.142. The molecule has 1 N–H and O–H groups in total. The van der Waals surface area contributed by atoms with Crippen molar-refractivity contribution in [2.75, 3.05) is 5.32 Å². The van der Waals surface area contributed by atoms with Gasteiger partial charge in [-0.05, 0) is 34.1 Å². The van der Waals surface area contributed by atoms with E-state index in [4.69, 9.17) is 0 Å². The molecule has 1 aromatic carbocycles. The molecule has 0 spiro atoms. The number of halogens is 1. The first-order valence-electron chi connectivity index (χ1n) is 5.64. The highest BCUT2D eigenvalue weighted by Crippen LogP contribution is 2.27. The summed E-state index contributed by atoms with van der Waals surface area (Å²) in [6, 6.07) is 11.5. The number of amides is 1. The third kappa shape index (κ3) is 2.39. The standard InChI is InChI=1S/C14H9BrN2OS/c15-11-5-3-7-16-13(11)17-14(18)10-8-19-12-6-2-1-4-9(10)12/h1-8H,(H,16,17,18). The van der Waals surface area contributed by atoms with Crippen LogP contribution in [0, 0.1) is 0 Å². The van der Waals surface area contributed by atoms with Crippen molar-refractivity contribution in [3.63, 3.8) is 0 Å². The Labute approximate surface area is 122 Å². The van der Waals surface area contributed by atoms with Crippen LogP contribution in [-0.4, -0.2) is 10.9 Å². The van der Waals surface area contributed by atoms with E-state index in [1.807, 2.05) is 35.7 Å². The summed E-state index contributed by atoms with van der Waals surface area (Å²) in [5.74, 6) is 0.389. The number of carbonyl (C=O) groups is 1. The Morgan fingerprint density at radius 2 is 2.05 bits per heavy atom. The zero-order valence-electron chi connectivity index (χ0n) is 9.76. The predicted octanol–water partition coefficient (Wildman–Crippen LogP) is 4.31. The zero-order chi connectivity index (χ0) is 13.2. The first-order valence-corrected chi connectivity index (χ1v) is 7.31. The summed E-state index contributed by atoms with van der Waals surface area (Å²) in [6.45, 7) is 0. The fourth-order valence-electron chi connectivity index (χ4n) is 1.81. The summed E-state index contributed by atoms with van der Waals surface area (Å²) in [7, 11) is 0. The van der Waals surface area contributed by atoms with E-state index in [0.29, 0.717) is 11.4 Å². The fraction of sp³-hybridized carbons (Fsp3) is 0. The second kappa shape index (κ2) is 5.11. The van der Waals surface area contributed by atoms with E-state index < -0.39 is 0 Å². The Bertz CT molecular complexity index is 754. The molecule has 2 aromatic heterocycles. The Balaban J connectivity index is 1.95. The first-order chi connectivity index (χ1) is 9.25. The summed E-state index contributed by atoms with van der Waals surface area (Å²) in [5, 5.41) is 5.66. The summed E-state index contributed by atoms with van der Waals surface area (Å²) in [4.78, 5) is 16.4. The highest BCUT2D eigenvalue weighted by atomic mass is 79.9. The predicted molar refractivity (Wildman–Crippen MR) is 81.7 cm³/mol. The van der Waals surface area contributed by atoms with Crippen molar-refractivity contribution in [3.05, 3.63) is 58.0 Å². The zero-order valence-corrected chi connectivity index (χ0v) is 12.2. The largest absolute Gasteiger partial charge is 0.306 e. The molecule has 0 unspecified atom stereocenters. The molecule has 3 aromatic rings. The molecule has 19 heavy (non-hydrogen) atoms. The molecular weight excluding hydrogens is 324 g/mol. The third-order valence-corrected chi connectivity index (χ3v) is 4.32. The number of aromatic nitrogens is 1. The lowest BCUT2D eigenvalue weighted by Crippen LogP contribution is -2.12. The smallest absolute Gasteiger partial charge is 0.258 e. The van der Waals surface area contributed by atoms with Gasteiger partial charge >= 0.3 is 0 Å². The molecule has 0 saturated heterocycles. The number of hydrogen-bond acceptors (Lipinski definition) is 3. The van der Waals surface area contributed by atoms with E-state index in [9.17, 15) is 4.79 Å². The van der Waals surface area contributed by atoms with E-state index in [1.165, 1.54) is 0 Å². The summed E-state index contributed by atoms with van der Waals surface area (Å²) in [5.41, 5.74) is 0.679. The van der Waals surface area contributed by atoms with Gasteiger partial charge in [-0.3, -0.25) is 4.79 Å². The van der Waals surface area contributed by atoms with Gasteiger partial charge in [0, 0.05) is 21.7 Å². The maximum atomic E-state index is 12.3. The van der Waals surface area contributed by atoms with Gasteiger partial charge in [-0.15, -0.1) is 11.3 Å². The average molecular weight is 333 g/mol. The van der Waals surface area contributed by atoms with E-state index in [2.05, 4.69) is 26.2 Å².